The lowest BCUT2D eigenvalue weighted by atomic mass is 10.2. The highest BCUT2D eigenvalue weighted by Gasteiger charge is 2.14. The standard InChI is InChI=1S/C21H20N4O2/c1-14(21-24-16-9-5-6-10-17(16)25-21)23-19(26)11-12-20-22-13-18(27-20)15-7-3-2-4-8-15/h2-10,13-14H,11-12H2,1H3,(H,23,26)(H,24,25)/t14-/m0/s1. The van der Waals surface area contributed by atoms with Crippen molar-refractivity contribution in [3.05, 3.63) is 72.5 Å². The van der Waals surface area contributed by atoms with E-state index in [2.05, 4.69) is 20.3 Å². The summed E-state index contributed by atoms with van der Waals surface area (Å²) in [6.07, 6.45) is 2.45. The number of nitrogens with one attached hydrogen (secondary N) is 2. The van der Waals surface area contributed by atoms with Gasteiger partial charge in [0.05, 0.1) is 23.3 Å². The molecule has 2 aromatic carbocycles. The minimum Gasteiger partial charge on any atom is -0.441 e. The highest BCUT2D eigenvalue weighted by Crippen LogP contribution is 2.20. The second kappa shape index (κ2) is 7.45. The molecule has 0 bridgehead atoms. The van der Waals surface area contributed by atoms with E-state index in [1.807, 2.05) is 61.5 Å². The molecule has 2 aromatic heterocycles. The lowest BCUT2D eigenvalue weighted by molar-refractivity contribution is -0.121. The second-order valence-corrected chi connectivity index (χ2v) is 6.41. The van der Waals surface area contributed by atoms with Gasteiger partial charge in [0.2, 0.25) is 5.91 Å². The zero-order valence-corrected chi connectivity index (χ0v) is 15.0. The summed E-state index contributed by atoms with van der Waals surface area (Å²) >= 11 is 0. The van der Waals surface area contributed by atoms with Gasteiger partial charge in [0.1, 0.15) is 5.82 Å². The summed E-state index contributed by atoms with van der Waals surface area (Å²) in [4.78, 5) is 24.3. The van der Waals surface area contributed by atoms with Crippen molar-refractivity contribution in [2.75, 3.05) is 0 Å². The van der Waals surface area contributed by atoms with E-state index >= 15 is 0 Å². The largest absolute Gasteiger partial charge is 0.441 e. The Labute approximate surface area is 156 Å². The molecular formula is C21H20N4O2. The average Bonchev–Trinajstić information content (AvgIpc) is 3.34. The first-order valence-electron chi connectivity index (χ1n) is 8.93. The van der Waals surface area contributed by atoms with Gasteiger partial charge in [-0.2, -0.15) is 0 Å². The van der Waals surface area contributed by atoms with Crippen LogP contribution in [0.2, 0.25) is 0 Å². The third-order valence-electron chi connectivity index (χ3n) is 4.37. The SMILES string of the molecule is C[C@H](NC(=O)CCc1ncc(-c2ccccc2)o1)c1nc2ccccc2[nH]1. The zero-order valence-electron chi connectivity index (χ0n) is 15.0. The summed E-state index contributed by atoms with van der Waals surface area (Å²) in [5, 5.41) is 2.96. The molecule has 0 spiro atoms. The van der Waals surface area contributed by atoms with Crippen molar-refractivity contribution in [2.24, 2.45) is 0 Å². The van der Waals surface area contributed by atoms with Crippen molar-refractivity contribution < 1.29 is 9.21 Å². The molecular weight excluding hydrogens is 340 g/mol. The number of carbonyl (C=O) groups is 1. The maximum atomic E-state index is 12.3. The van der Waals surface area contributed by atoms with Gasteiger partial charge in [0.25, 0.3) is 0 Å². The maximum absolute atomic E-state index is 12.3. The number of hydrogen-bond acceptors (Lipinski definition) is 4. The number of H-pyrrole nitrogens is 1. The van der Waals surface area contributed by atoms with Crippen LogP contribution in [0.3, 0.4) is 0 Å². The van der Waals surface area contributed by atoms with Gasteiger partial charge in [-0.25, -0.2) is 9.97 Å². The van der Waals surface area contributed by atoms with Gasteiger partial charge in [0, 0.05) is 18.4 Å². The number of amides is 1. The van der Waals surface area contributed by atoms with E-state index < -0.39 is 0 Å². The van der Waals surface area contributed by atoms with E-state index in [4.69, 9.17) is 4.42 Å². The fourth-order valence-electron chi connectivity index (χ4n) is 2.94. The van der Waals surface area contributed by atoms with Gasteiger partial charge >= 0.3 is 0 Å². The van der Waals surface area contributed by atoms with Crippen LogP contribution in [-0.2, 0) is 11.2 Å². The normalized spacial score (nSPS) is 12.2. The number of oxazole rings is 1. The van der Waals surface area contributed by atoms with Crippen molar-refractivity contribution in [3.63, 3.8) is 0 Å². The molecule has 4 aromatic rings. The predicted molar refractivity (Wildman–Crippen MR) is 103 cm³/mol. The quantitative estimate of drug-likeness (QED) is 0.544. The first kappa shape index (κ1) is 17.0. The van der Waals surface area contributed by atoms with Crippen LogP contribution >= 0.6 is 0 Å². The molecule has 136 valence electrons. The van der Waals surface area contributed by atoms with E-state index in [1.165, 1.54) is 0 Å². The van der Waals surface area contributed by atoms with E-state index in [-0.39, 0.29) is 11.9 Å². The van der Waals surface area contributed by atoms with Crippen LogP contribution in [0.25, 0.3) is 22.4 Å². The highest BCUT2D eigenvalue weighted by molar-refractivity contribution is 5.77. The van der Waals surface area contributed by atoms with Gasteiger partial charge in [-0.1, -0.05) is 42.5 Å². The molecule has 0 aliphatic carbocycles. The Balaban J connectivity index is 1.33. The first-order chi connectivity index (χ1) is 13.2. The Morgan fingerprint density at radius 3 is 2.74 bits per heavy atom. The van der Waals surface area contributed by atoms with Crippen LogP contribution in [0.4, 0.5) is 0 Å². The topological polar surface area (TPSA) is 83.8 Å². The number of carbonyl (C=O) groups excluding carboxylic acids is 1. The van der Waals surface area contributed by atoms with Crippen LogP contribution in [0.5, 0.6) is 0 Å². The van der Waals surface area contributed by atoms with Crippen LogP contribution in [-0.4, -0.2) is 20.9 Å². The number of hydrogen-bond donors (Lipinski definition) is 2. The molecule has 0 unspecified atom stereocenters. The number of para-hydroxylation sites is 2. The van der Waals surface area contributed by atoms with Crippen molar-refractivity contribution in [3.8, 4) is 11.3 Å². The van der Waals surface area contributed by atoms with E-state index in [0.717, 1.165) is 22.4 Å². The molecule has 0 aliphatic rings. The monoisotopic (exact) mass is 360 g/mol. The number of aromatic amines is 1. The summed E-state index contributed by atoms with van der Waals surface area (Å²) in [6, 6.07) is 17.4. The second-order valence-electron chi connectivity index (χ2n) is 6.41. The molecule has 27 heavy (non-hydrogen) atoms. The van der Waals surface area contributed by atoms with Gasteiger partial charge in [0.15, 0.2) is 11.7 Å². The molecule has 0 aliphatic heterocycles. The summed E-state index contributed by atoms with van der Waals surface area (Å²) in [5.41, 5.74) is 2.82. The molecule has 1 amide bonds. The zero-order chi connectivity index (χ0) is 18.6. The molecule has 6 nitrogen and oxygen atoms in total. The number of nitrogens with zero attached hydrogens (tertiary/aromatic N) is 2. The molecule has 0 radical (unpaired) electrons. The van der Waals surface area contributed by atoms with Crippen molar-refractivity contribution in [2.45, 2.75) is 25.8 Å². The summed E-state index contributed by atoms with van der Waals surface area (Å²) in [6.45, 7) is 1.91. The van der Waals surface area contributed by atoms with Crippen LogP contribution in [0, 0.1) is 0 Å². The molecule has 0 fully saturated rings. The molecule has 6 heteroatoms. The smallest absolute Gasteiger partial charge is 0.221 e. The third-order valence-corrected chi connectivity index (χ3v) is 4.37. The van der Waals surface area contributed by atoms with E-state index in [9.17, 15) is 4.79 Å². The molecule has 2 N–H and O–H groups in total. The van der Waals surface area contributed by atoms with Gasteiger partial charge in [-0.05, 0) is 19.1 Å². The Kier molecular flexibility index (Phi) is 4.70. The Bertz CT molecular complexity index is 1020. The highest BCUT2D eigenvalue weighted by atomic mass is 16.4. The number of aromatic nitrogens is 3. The van der Waals surface area contributed by atoms with Gasteiger partial charge in [-0.3, -0.25) is 4.79 Å². The third kappa shape index (κ3) is 3.89. The summed E-state index contributed by atoms with van der Waals surface area (Å²) < 4.78 is 5.74. The maximum Gasteiger partial charge on any atom is 0.221 e. The number of imidazole rings is 1. The Morgan fingerprint density at radius 1 is 1.15 bits per heavy atom. The first-order valence-corrected chi connectivity index (χ1v) is 8.93. The Hall–Kier alpha value is -3.41. The van der Waals surface area contributed by atoms with Crippen molar-refractivity contribution in [1.82, 2.24) is 20.3 Å². The number of benzene rings is 2. The molecule has 2 heterocycles. The average molecular weight is 360 g/mol. The van der Waals surface area contributed by atoms with E-state index in [0.29, 0.717) is 24.5 Å². The fraction of sp³-hybridized carbons (Fsp3) is 0.190. The van der Waals surface area contributed by atoms with Gasteiger partial charge in [-0.15, -0.1) is 0 Å². The van der Waals surface area contributed by atoms with Crippen LogP contribution in [0.1, 0.15) is 31.1 Å². The number of aryl methyl sites for hydroxylation is 1. The molecule has 0 saturated carbocycles. The van der Waals surface area contributed by atoms with Crippen LogP contribution < -0.4 is 5.32 Å². The lowest BCUT2D eigenvalue weighted by Gasteiger charge is -2.10. The lowest BCUT2D eigenvalue weighted by Crippen LogP contribution is -2.27. The summed E-state index contributed by atoms with van der Waals surface area (Å²) in [5.74, 6) is 1.94. The minimum atomic E-state index is -0.200. The van der Waals surface area contributed by atoms with Crippen LogP contribution in [0.15, 0.2) is 65.2 Å². The fourth-order valence-corrected chi connectivity index (χ4v) is 2.94. The molecule has 0 saturated heterocycles. The molecule has 4 rings (SSSR count). The van der Waals surface area contributed by atoms with Crippen molar-refractivity contribution in [1.29, 1.82) is 0 Å². The minimum absolute atomic E-state index is 0.0672. The number of rotatable bonds is 6. The number of fused-ring (bicyclic) bond motifs is 1. The van der Waals surface area contributed by atoms with Gasteiger partial charge < -0.3 is 14.7 Å². The molecule has 1 atom stereocenters. The summed E-state index contributed by atoms with van der Waals surface area (Å²) in [7, 11) is 0. The van der Waals surface area contributed by atoms with Crippen molar-refractivity contribution >= 4 is 16.9 Å². The van der Waals surface area contributed by atoms with E-state index in [1.54, 1.807) is 6.20 Å². The Morgan fingerprint density at radius 2 is 1.93 bits per heavy atom. The predicted octanol–water partition coefficient (Wildman–Crippen LogP) is 4.03.